The van der Waals surface area contributed by atoms with E-state index in [-0.39, 0.29) is 15.9 Å². The molecule has 2 N–H and O–H groups in total. The predicted octanol–water partition coefficient (Wildman–Crippen LogP) is 3.23. The van der Waals surface area contributed by atoms with Crippen LogP contribution in [0.25, 0.3) is 0 Å². The largest absolute Gasteiger partial charge is 0.389 e. The first-order valence-corrected chi connectivity index (χ1v) is 9.54. The van der Waals surface area contributed by atoms with Crippen LogP contribution in [0, 0.1) is 6.92 Å². The van der Waals surface area contributed by atoms with Crippen molar-refractivity contribution in [2.24, 2.45) is 5.73 Å². The maximum absolute atomic E-state index is 13.2. The van der Waals surface area contributed by atoms with Gasteiger partial charge in [-0.1, -0.05) is 54.7 Å². The molecule has 4 nitrogen and oxygen atoms in total. The lowest BCUT2D eigenvalue weighted by molar-refractivity contribution is 0.348. The monoisotopic (exact) mass is 362 g/mol. The van der Waals surface area contributed by atoms with Crippen molar-refractivity contribution >= 4 is 27.2 Å². The molecule has 24 heavy (non-hydrogen) atoms. The second-order valence-corrected chi connectivity index (χ2v) is 8.27. The number of hydrogen-bond acceptors (Lipinski definition) is 3. The molecule has 0 bridgehead atoms. The first-order chi connectivity index (χ1) is 11.2. The summed E-state index contributed by atoms with van der Waals surface area (Å²) in [5, 5.41) is 0. The first kappa shape index (κ1) is 18.6. The number of nitrogens with two attached hydrogens (primary N) is 1. The van der Waals surface area contributed by atoms with Crippen molar-refractivity contribution in [3.63, 3.8) is 0 Å². The highest BCUT2D eigenvalue weighted by atomic mass is 32.2. The fraction of sp³-hybridized carbons (Fsp3) is 0.278. The lowest BCUT2D eigenvalue weighted by Crippen LogP contribution is -2.36. The van der Waals surface area contributed by atoms with Gasteiger partial charge in [-0.2, -0.15) is 4.31 Å². The zero-order valence-corrected chi connectivity index (χ0v) is 15.7. The average Bonchev–Trinajstić information content (AvgIpc) is 2.53. The summed E-state index contributed by atoms with van der Waals surface area (Å²) in [5.74, 6) is 0. The summed E-state index contributed by atoms with van der Waals surface area (Å²) in [6, 6.07) is 14.4. The van der Waals surface area contributed by atoms with Gasteiger partial charge in [-0.05, 0) is 38.0 Å². The number of thiocarbonyl (C=S) groups is 1. The summed E-state index contributed by atoms with van der Waals surface area (Å²) in [7, 11) is -3.67. The van der Waals surface area contributed by atoms with Gasteiger partial charge in [-0.15, -0.1) is 0 Å². The van der Waals surface area contributed by atoms with Crippen molar-refractivity contribution in [2.45, 2.75) is 38.3 Å². The third-order valence-corrected chi connectivity index (χ3v) is 6.22. The minimum atomic E-state index is -3.67. The van der Waals surface area contributed by atoms with Gasteiger partial charge in [-0.3, -0.25) is 0 Å². The fourth-order valence-corrected chi connectivity index (χ4v) is 4.47. The molecule has 2 rings (SSSR count). The molecule has 0 aliphatic heterocycles. The minimum absolute atomic E-state index is 0.178. The summed E-state index contributed by atoms with van der Waals surface area (Å²) < 4.78 is 27.9. The van der Waals surface area contributed by atoms with Crippen molar-refractivity contribution in [3.8, 4) is 0 Å². The topological polar surface area (TPSA) is 63.4 Å². The molecule has 0 fully saturated rings. The summed E-state index contributed by atoms with van der Waals surface area (Å²) in [5.41, 5.74) is 7.83. The van der Waals surface area contributed by atoms with Gasteiger partial charge in [0.1, 0.15) is 4.99 Å². The molecule has 0 aliphatic rings. The quantitative estimate of drug-likeness (QED) is 0.802. The number of hydrogen-bond donors (Lipinski definition) is 1. The van der Waals surface area contributed by atoms with E-state index in [9.17, 15) is 8.42 Å². The third-order valence-electron chi connectivity index (χ3n) is 3.82. The van der Waals surface area contributed by atoms with Crippen LogP contribution in [-0.2, 0) is 16.6 Å². The molecule has 2 aromatic rings. The van der Waals surface area contributed by atoms with Gasteiger partial charge in [0.25, 0.3) is 0 Å². The maximum Gasteiger partial charge on any atom is 0.243 e. The molecule has 128 valence electrons. The van der Waals surface area contributed by atoms with E-state index in [0.29, 0.717) is 17.7 Å². The Kier molecular flexibility index (Phi) is 5.74. The highest BCUT2D eigenvalue weighted by Crippen LogP contribution is 2.25. The van der Waals surface area contributed by atoms with E-state index in [1.165, 1.54) is 4.31 Å². The highest BCUT2D eigenvalue weighted by molar-refractivity contribution is 7.89. The maximum atomic E-state index is 13.2. The van der Waals surface area contributed by atoms with Gasteiger partial charge in [0.05, 0.1) is 4.90 Å². The molecule has 0 aromatic heterocycles. The van der Waals surface area contributed by atoms with Crippen molar-refractivity contribution in [2.75, 3.05) is 0 Å². The number of aryl methyl sites for hydroxylation is 1. The Bertz CT molecular complexity index is 831. The molecule has 0 saturated carbocycles. The van der Waals surface area contributed by atoms with E-state index in [0.717, 1.165) is 5.56 Å². The Morgan fingerprint density at radius 3 is 2.33 bits per heavy atom. The van der Waals surface area contributed by atoms with E-state index < -0.39 is 10.0 Å². The first-order valence-electron chi connectivity index (χ1n) is 7.69. The summed E-state index contributed by atoms with van der Waals surface area (Å²) in [4.78, 5) is 0.433. The Morgan fingerprint density at radius 2 is 1.79 bits per heavy atom. The van der Waals surface area contributed by atoms with Gasteiger partial charge >= 0.3 is 0 Å². The highest BCUT2D eigenvalue weighted by Gasteiger charge is 2.29. The van der Waals surface area contributed by atoms with Crippen LogP contribution in [0.4, 0.5) is 0 Å². The zero-order chi connectivity index (χ0) is 17.9. The molecule has 0 aliphatic carbocycles. The van der Waals surface area contributed by atoms with Gasteiger partial charge < -0.3 is 5.73 Å². The van der Waals surface area contributed by atoms with Gasteiger partial charge in [0.15, 0.2) is 0 Å². The average molecular weight is 363 g/mol. The summed E-state index contributed by atoms with van der Waals surface area (Å²) in [6.07, 6.45) is 0. The lowest BCUT2D eigenvalue weighted by atomic mass is 10.1. The van der Waals surface area contributed by atoms with E-state index in [4.69, 9.17) is 18.0 Å². The molecule has 0 atom stereocenters. The Hall–Kier alpha value is -1.76. The van der Waals surface area contributed by atoms with Crippen LogP contribution in [0.1, 0.15) is 30.5 Å². The predicted molar refractivity (Wildman–Crippen MR) is 101 cm³/mol. The number of sulfonamides is 1. The molecule has 0 heterocycles. The van der Waals surface area contributed by atoms with E-state index in [1.54, 1.807) is 25.1 Å². The normalized spacial score (nSPS) is 11.9. The van der Waals surface area contributed by atoms with Crippen molar-refractivity contribution < 1.29 is 8.42 Å². The van der Waals surface area contributed by atoms with Gasteiger partial charge in [0.2, 0.25) is 10.0 Å². The van der Waals surface area contributed by atoms with Crippen LogP contribution in [0.2, 0.25) is 0 Å². The Morgan fingerprint density at radius 1 is 1.17 bits per heavy atom. The minimum Gasteiger partial charge on any atom is -0.389 e. The third kappa shape index (κ3) is 4.01. The van der Waals surface area contributed by atoms with Crippen LogP contribution in [0.5, 0.6) is 0 Å². The molecule has 0 unspecified atom stereocenters. The lowest BCUT2D eigenvalue weighted by Gasteiger charge is -2.27. The second kappa shape index (κ2) is 7.42. The fourth-order valence-electron chi connectivity index (χ4n) is 2.47. The zero-order valence-electron chi connectivity index (χ0n) is 14.1. The number of rotatable bonds is 6. The van der Waals surface area contributed by atoms with Crippen molar-refractivity contribution in [1.82, 2.24) is 4.31 Å². The van der Waals surface area contributed by atoms with Crippen LogP contribution in [0.15, 0.2) is 53.4 Å². The Labute approximate surface area is 149 Å². The molecule has 0 spiro atoms. The van der Waals surface area contributed by atoms with Crippen LogP contribution in [0.3, 0.4) is 0 Å². The Balaban J connectivity index is 2.49. The molecule has 0 radical (unpaired) electrons. The van der Waals surface area contributed by atoms with Crippen LogP contribution >= 0.6 is 12.2 Å². The molecule has 6 heteroatoms. The SMILES string of the molecule is Cc1ccc(C(N)=S)cc1S(=O)(=O)N(Cc1ccccc1)C(C)C. The van der Waals surface area contributed by atoms with Crippen molar-refractivity contribution in [1.29, 1.82) is 0 Å². The molecule has 0 amide bonds. The summed E-state index contributed by atoms with van der Waals surface area (Å²) in [6.45, 7) is 5.83. The van der Waals surface area contributed by atoms with Crippen LogP contribution < -0.4 is 5.73 Å². The summed E-state index contributed by atoms with van der Waals surface area (Å²) >= 11 is 4.98. The standard InChI is InChI=1S/C18H22N2O2S2/c1-13(2)20(12-15-7-5-4-6-8-15)24(21,22)17-11-16(18(19)23)10-9-14(17)3/h4-11,13H,12H2,1-3H3,(H2,19,23). The van der Waals surface area contributed by atoms with Crippen LogP contribution in [-0.4, -0.2) is 23.8 Å². The van der Waals surface area contributed by atoms with Gasteiger partial charge in [-0.25, -0.2) is 8.42 Å². The van der Waals surface area contributed by atoms with Gasteiger partial charge in [0, 0.05) is 18.2 Å². The molecule has 0 saturated heterocycles. The molecule has 2 aromatic carbocycles. The molecular weight excluding hydrogens is 340 g/mol. The second-order valence-electron chi connectivity index (χ2n) is 5.97. The van der Waals surface area contributed by atoms with E-state index in [2.05, 4.69) is 0 Å². The van der Waals surface area contributed by atoms with E-state index in [1.807, 2.05) is 44.2 Å². The molecular formula is C18H22N2O2S2. The number of benzene rings is 2. The van der Waals surface area contributed by atoms with E-state index >= 15 is 0 Å². The number of nitrogens with zero attached hydrogens (tertiary/aromatic N) is 1. The smallest absolute Gasteiger partial charge is 0.243 e. The van der Waals surface area contributed by atoms with Crippen molar-refractivity contribution in [3.05, 3.63) is 65.2 Å².